The highest BCUT2D eigenvalue weighted by Gasteiger charge is 2.17. The number of nitro benzene ring substituents is 1. The Labute approximate surface area is 170 Å². The first kappa shape index (κ1) is 19.1. The molecule has 0 aliphatic heterocycles. The van der Waals surface area contributed by atoms with E-state index in [1.807, 2.05) is 34.7 Å². The summed E-state index contributed by atoms with van der Waals surface area (Å²) in [5.74, 6) is 1.02. The van der Waals surface area contributed by atoms with Gasteiger partial charge in [0.15, 0.2) is 5.16 Å². The molecule has 2 heterocycles. The summed E-state index contributed by atoms with van der Waals surface area (Å²) < 4.78 is 3.57. The van der Waals surface area contributed by atoms with Gasteiger partial charge in [0.2, 0.25) is 5.78 Å². The van der Waals surface area contributed by atoms with Crippen molar-refractivity contribution in [3.05, 3.63) is 74.6 Å². The number of non-ortho nitro benzene ring substituents is 1. The van der Waals surface area contributed by atoms with Crippen molar-refractivity contribution in [2.24, 2.45) is 0 Å². The van der Waals surface area contributed by atoms with Gasteiger partial charge in [-0.2, -0.15) is 0 Å². The van der Waals surface area contributed by atoms with Crippen molar-refractivity contribution < 1.29 is 4.92 Å². The number of nitrogens with zero attached hydrogens (tertiary/aromatic N) is 5. The third-order valence-electron chi connectivity index (χ3n) is 4.70. The van der Waals surface area contributed by atoms with Gasteiger partial charge in [-0.15, -0.1) is 10.2 Å². The predicted octanol–water partition coefficient (Wildman–Crippen LogP) is 4.04. The molecule has 2 aromatic heterocycles. The van der Waals surface area contributed by atoms with Crippen molar-refractivity contribution in [2.45, 2.75) is 37.2 Å². The molecule has 2 aromatic carbocycles. The highest BCUT2D eigenvalue weighted by atomic mass is 32.2. The fraction of sp³-hybridized carbons (Fsp3) is 0.250. The Balaban J connectivity index is 1.78. The van der Waals surface area contributed by atoms with Gasteiger partial charge in [0.25, 0.3) is 11.2 Å². The second kappa shape index (κ2) is 8.04. The van der Waals surface area contributed by atoms with Gasteiger partial charge in [-0.05, 0) is 24.1 Å². The molecule has 0 spiro atoms. The van der Waals surface area contributed by atoms with Crippen molar-refractivity contribution >= 4 is 34.1 Å². The summed E-state index contributed by atoms with van der Waals surface area (Å²) in [5.41, 5.74) is 1.58. The molecule has 0 N–H and O–H groups in total. The molecule has 148 valence electrons. The molecule has 0 unspecified atom stereocenters. The fourth-order valence-corrected chi connectivity index (χ4v) is 4.14. The monoisotopic (exact) mass is 409 g/mol. The van der Waals surface area contributed by atoms with Crippen molar-refractivity contribution in [2.75, 3.05) is 0 Å². The number of hydrogen-bond acceptors (Lipinski definition) is 6. The number of thioether (sulfide) groups is 1. The highest BCUT2D eigenvalue weighted by Crippen LogP contribution is 2.26. The summed E-state index contributed by atoms with van der Waals surface area (Å²) >= 11 is 1.43. The molecule has 9 heteroatoms. The molecular formula is C20H19N5O3S. The number of para-hydroxylation sites is 1. The lowest BCUT2D eigenvalue weighted by atomic mass is 10.2. The number of benzene rings is 2. The average molecular weight is 409 g/mol. The topological polar surface area (TPSA) is 95.3 Å². The third-order valence-corrected chi connectivity index (χ3v) is 5.70. The van der Waals surface area contributed by atoms with Gasteiger partial charge in [-0.3, -0.25) is 23.9 Å². The molecule has 29 heavy (non-hydrogen) atoms. The Hall–Kier alpha value is -3.20. The van der Waals surface area contributed by atoms with Gasteiger partial charge in [-0.1, -0.05) is 49.4 Å². The minimum absolute atomic E-state index is 0.0630. The van der Waals surface area contributed by atoms with Crippen LogP contribution < -0.4 is 5.56 Å². The maximum atomic E-state index is 12.9. The van der Waals surface area contributed by atoms with E-state index in [1.54, 1.807) is 16.7 Å². The van der Waals surface area contributed by atoms with Crippen LogP contribution in [0.1, 0.15) is 25.3 Å². The largest absolute Gasteiger partial charge is 0.276 e. The Kier molecular flexibility index (Phi) is 5.30. The van der Waals surface area contributed by atoms with Crippen molar-refractivity contribution in [3.63, 3.8) is 0 Å². The van der Waals surface area contributed by atoms with Gasteiger partial charge in [-0.25, -0.2) is 0 Å². The summed E-state index contributed by atoms with van der Waals surface area (Å²) in [7, 11) is 0. The zero-order valence-electron chi connectivity index (χ0n) is 15.8. The van der Waals surface area contributed by atoms with Crippen LogP contribution in [-0.2, 0) is 12.3 Å². The first-order valence-electron chi connectivity index (χ1n) is 9.33. The molecule has 0 atom stereocenters. The molecule has 0 aliphatic rings. The Morgan fingerprint density at radius 1 is 1.14 bits per heavy atom. The second-order valence-electron chi connectivity index (χ2n) is 6.66. The molecule has 0 bridgehead atoms. The summed E-state index contributed by atoms with van der Waals surface area (Å²) in [6.45, 7) is 2.66. The van der Waals surface area contributed by atoms with E-state index in [2.05, 4.69) is 17.1 Å². The zero-order valence-corrected chi connectivity index (χ0v) is 16.6. The molecular weight excluding hydrogens is 390 g/mol. The average Bonchev–Trinajstić information content (AvgIpc) is 3.16. The van der Waals surface area contributed by atoms with Crippen LogP contribution >= 0.6 is 11.8 Å². The van der Waals surface area contributed by atoms with E-state index in [4.69, 9.17) is 0 Å². The molecule has 0 fully saturated rings. The minimum Gasteiger partial charge on any atom is -0.276 e. The van der Waals surface area contributed by atoms with E-state index in [-0.39, 0.29) is 11.2 Å². The normalized spacial score (nSPS) is 11.3. The number of unbranched alkanes of at least 4 members (excludes halogenated alkanes) is 1. The Bertz CT molecular complexity index is 1260. The van der Waals surface area contributed by atoms with E-state index in [0.29, 0.717) is 28.6 Å². The predicted molar refractivity (Wildman–Crippen MR) is 112 cm³/mol. The van der Waals surface area contributed by atoms with E-state index < -0.39 is 4.92 Å². The van der Waals surface area contributed by atoms with Gasteiger partial charge in [0.1, 0.15) is 0 Å². The van der Waals surface area contributed by atoms with Crippen molar-refractivity contribution in [3.8, 4) is 0 Å². The lowest BCUT2D eigenvalue weighted by molar-refractivity contribution is -0.384. The number of hydrogen-bond donors (Lipinski definition) is 0. The van der Waals surface area contributed by atoms with E-state index >= 15 is 0 Å². The van der Waals surface area contributed by atoms with Crippen LogP contribution in [-0.4, -0.2) is 24.1 Å². The lowest BCUT2D eigenvalue weighted by Gasteiger charge is -2.10. The molecule has 0 saturated carbocycles. The summed E-state index contributed by atoms with van der Waals surface area (Å²) in [4.78, 5) is 23.6. The lowest BCUT2D eigenvalue weighted by Crippen LogP contribution is -2.23. The zero-order chi connectivity index (χ0) is 20.4. The molecule has 0 radical (unpaired) electrons. The third kappa shape index (κ3) is 3.61. The van der Waals surface area contributed by atoms with Crippen LogP contribution in [0, 0.1) is 10.1 Å². The number of aromatic nitrogens is 4. The van der Waals surface area contributed by atoms with E-state index in [9.17, 15) is 14.9 Å². The first-order chi connectivity index (χ1) is 14.1. The molecule has 4 aromatic rings. The SMILES string of the molecule is CCCCn1c(=O)c2ccccc2n2c(SCc3cccc([N+](=O)[O-])c3)nnc12. The smallest absolute Gasteiger partial charge is 0.269 e. The van der Waals surface area contributed by atoms with Crippen LogP contribution in [0.3, 0.4) is 0 Å². The summed E-state index contributed by atoms with van der Waals surface area (Å²) in [6.07, 6.45) is 1.84. The summed E-state index contributed by atoms with van der Waals surface area (Å²) in [6, 6.07) is 14.0. The maximum absolute atomic E-state index is 12.9. The van der Waals surface area contributed by atoms with Crippen LogP contribution in [0.15, 0.2) is 58.5 Å². The van der Waals surface area contributed by atoms with Crippen molar-refractivity contribution in [1.82, 2.24) is 19.2 Å². The standard InChI is InChI=1S/C20H19N5O3S/c1-2-3-11-23-18(26)16-9-4-5-10-17(16)24-19(23)21-22-20(24)29-13-14-7-6-8-15(12-14)25(27)28/h4-10,12H,2-3,11,13H2,1H3. The number of aryl methyl sites for hydroxylation is 1. The molecule has 0 aliphatic carbocycles. The van der Waals surface area contributed by atoms with Gasteiger partial charge < -0.3 is 0 Å². The van der Waals surface area contributed by atoms with Crippen molar-refractivity contribution in [1.29, 1.82) is 0 Å². The fourth-order valence-electron chi connectivity index (χ4n) is 3.25. The maximum Gasteiger partial charge on any atom is 0.269 e. The number of fused-ring (bicyclic) bond motifs is 3. The van der Waals surface area contributed by atoms with Gasteiger partial charge in [0.05, 0.1) is 15.8 Å². The number of rotatable bonds is 7. The van der Waals surface area contributed by atoms with Crippen LogP contribution in [0.5, 0.6) is 0 Å². The number of nitro groups is 1. The Morgan fingerprint density at radius 2 is 1.97 bits per heavy atom. The quantitative estimate of drug-likeness (QED) is 0.260. The molecule has 4 rings (SSSR count). The van der Waals surface area contributed by atoms with Crippen LogP contribution in [0.25, 0.3) is 16.7 Å². The first-order valence-corrected chi connectivity index (χ1v) is 10.3. The Morgan fingerprint density at radius 3 is 2.76 bits per heavy atom. The van der Waals surface area contributed by atoms with Gasteiger partial charge in [0, 0.05) is 24.4 Å². The van der Waals surface area contributed by atoms with E-state index in [0.717, 1.165) is 23.9 Å². The molecule has 8 nitrogen and oxygen atoms in total. The van der Waals surface area contributed by atoms with Crippen LogP contribution in [0.2, 0.25) is 0 Å². The molecule has 0 saturated heterocycles. The summed E-state index contributed by atoms with van der Waals surface area (Å²) in [5, 5.41) is 20.9. The van der Waals surface area contributed by atoms with E-state index in [1.165, 1.54) is 17.8 Å². The highest BCUT2D eigenvalue weighted by molar-refractivity contribution is 7.98. The van der Waals surface area contributed by atoms with Gasteiger partial charge >= 0.3 is 0 Å². The minimum atomic E-state index is -0.402. The van der Waals surface area contributed by atoms with Crippen LogP contribution in [0.4, 0.5) is 5.69 Å². The molecule has 0 amide bonds. The second-order valence-corrected chi connectivity index (χ2v) is 7.60.